The number of hydrogen-bond donors (Lipinski definition) is 1. The number of fused-ring (bicyclic) bond motifs is 3. The molecule has 2 aromatic rings. The molecule has 1 unspecified atom stereocenters. The number of para-hydroxylation sites is 1. The summed E-state index contributed by atoms with van der Waals surface area (Å²) in [6.07, 6.45) is 2.16. The fourth-order valence-corrected chi connectivity index (χ4v) is 3.16. The van der Waals surface area contributed by atoms with E-state index >= 15 is 0 Å². The van der Waals surface area contributed by atoms with Crippen molar-refractivity contribution in [1.82, 2.24) is 9.88 Å². The summed E-state index contributed by atoms with van der Waals surface area (Å²) >= 11 is 0. The molecule has 0 aliphatic carbocycles. The van der Waals surface area contributed by atoms with Gasteiger partial charge in [0.2, 0.25) is 5.91 Å². The first-order valence-electron chi connectivity index (χ1n) is 6.53. The van der Waals surface area contributed by atoms with E-state index < -0.39 is 0 Å². The molecule has 0 radical (unpaired) electrons. The highest BCUT2D eigenvalue weighted by molar-refractivity contribution is 5.86. The second kappa shape index (κ2) is 4.16. The standard InChI is InChI=1S/C15H18N2O/c1-10-12-6-3-4-8-14(12)17-9-5-7-13(15(10)17)16-11(2)18/h3-4,6,8,13H,5,7,9H2,1-2H3,(H,16,18). The molecule has 1 N–H and O–H groups in total. The number of nitrogens with zero attached hydrogens (tertiary/aromatic N) is 1. The predicted molar refractivity (Wildman–Crippen MR) is 72.5 cm³/mol. The van der Waals surface area contributed by atoms with Crippen molar-refractivity contribution in [2.75, 3.05) is 0 Å². The van der Waals surface area contributed by atoms with E-state index in [9.17, 15) is 4.79 Å². The van der Waals surface area contributed by atoms with Crippen molar-refractivity contribution >= 4 is 16.8 Å². The summed E-state index contributed by atoms with van der Waals surface area (Å²) in [4.78, 5) is 11.3. The highest BCUT2D eigenvalue weighted by atomic mass is 16.1. The molecular weight excluding hydrogens is 224 g/mol. The van der Waals surface area contributed by atoms with Crippen LogP contribution in [0.25, 0.3) is 10.9 Å². The monoisotopic (exact) mass is 242 g/mol. The summed E-state index contributed by atoms with van der Waals surface area (Å²) < 4.78 is 2.37. The van der Waals surface area contributed by atoms with Crippen LogP contribution >= 0.6 is 0 Å². The summed E-state index contributed by atoms with van der Waals surface area (Å²) in [5.41, 5.74) is 3.89. The fourth-order valence-electron chi connectivity index (χ4n) is 3.16. The number of rotatable bonds is 1. The molecule has 3 rings (SSSR count). The minimum atomic E-state index is 0.0538. The Morgan fingerprint density at radius 3 is 2.94 bits per heavy atom. The number of carbonyl (C=O) groups excluding carboxylic acids is 1. The van der Waals surface area contributed by atoms with Gasteiger partial charge in [-0.2, -0.15) is 0 Å². The largest absolute Gasteiger partial charge is 0.348 e. The lowest BCUT2D eigenvalue weighted by Crippen LogP contribution is -2.31. The van der Waals surface area contributed by atoms with Gasteiger partial charge in [0.1, 0.15) is 0 Å². The summed E-state index contributed by atoms with van der Waals surface area (Å²) in [6, 6.07) is 8.66. The Labute approximate surface area is 107 Å². The number of aryl methyl sites for hydroxylation is 2. The van der Waals surface area contributed by atoms with Crippen LogP contribution in [0.3, 0.4) is 0 Å². The molecule has 1 atom stereocenters. The first-order valence-corrected chi connectivity index (χ1v) is 6.53. The second-order valence-corrected chi connectivity index (χ2v) is 5.07. The van der Waals surface area contributed by atoms with E-state index in [0.29, 0.717) is 0 Å². The Morgan fingerprint density at radius 2 is 2.17 bits per heavy atom. The quantitative estimate of drug-likeness (QED) is 0.819. The molecule has 18 heavy (non-hydrogen) atoms. The van der Waals surface area contributed by atoms with Crippen LogP contribution in [0.1, 0.15) is 37.1 Å². The van der Waals surface area contributed by atoms with Gasteiger partial charge in [0.15, 0.2) is 0 Å². The highest BCUT2D eigenvalue weighted by Crippen LogP contribution is 2.35. The average molecular weight is 242 g/mol. The van der Waals surface area contributed by atoms with Crippen LogP contribution in [0.15, 0.2) is 24.3 Å². The van der Waals surface area contributed by atoms with Crippen molar-refractivity contribution in [3.63, 3.8) is 0 Å². The number of benzene rings is 1. The number of amides is 1. The number of carbonyl (C=O) groups is 1. The summed E-state index contributed by atoms with van der Waals surface area (Å²) in [5.74, 6) is 0.0538. The number of aromatic nitrogens is 1. The highest BCUT2D eigenvalue weighted by Gasteiger charge is 2.25. The molecule has 3 nitrogen and oxygen atoms in total. The Bertz CT molecular complexity index is 612. The Balaban J connectivity index is 2.19. The van der Waals surface area contributed by atoms with E-state index in [4.69, 9.17) is 0 Å². The Hall–Kier alpha value is -1.77. The van der Waals surface area contributed by atoms with Gasteiger partial charge in [0, 0.05) is 30.1 Å². The van der Waals surface area contributed by atoms with Gasteiger partial charge in [-0.25, -0.2) is 0 Å². The van der Waals surface area contributed by atoms with E-state index in [-0.39, 0.29) is 11.9 Å². The van der Waals surface area contributed by atoms with E-state index in [1.807, 2.05) is 0 Å². The van der Waals surface area contributed by atoms with Gasteiger partial charge >= 0.3 is 0 Å². The molecule has 1 amide bonds. The molecule has 1 aliphatic rings. The summed E-state index contributed by atoms with van der Waals surface area (Å²) in [6.45, 7) is 4.81. The zero-order valence-corrected chi connectivity index (χ0v) is 10.9. The van der Waals surface area contributed by atoms with Crippen molar-refractivity contribution in [2.45, 2.75) is 39.3 Å². The third kappa shape index (κ3) is 1.62. The van der Waals surface area contributed by atoms with E-state index in [1.165, 1.54) is 22.2 Å². The first kappa shape index (κ1) is 11.3. The van der Waals surface area contributed by atoms with Gasteiger partial charge in [-0.1, -0.05) is 18.2 Å². The van der Waals surface area contributed by atoms with Crippen molar-refractivity contribution in [1.29, 1.82) is 0 Å². The average Bonchev–Trinajstić information content (AvgIpc) is 2.65. The van der Waals surface area contributed by atoms with E-state index in [1.54, 1.807) is 6.92 Å². The Morgan fingerprint density at radius 1 is 1.39 bits per heavy atom. The van der Waals surface area contributed by atoms with Crippen LogP contribution in [0.4, 0.5) is 0 Å². The minimum absolute atomic E-state index is 0.0538. The molecule has 0 fully saturated rings. The van der Waals surface area contributed by atoms with Crippen LogP contribution in [0.5, 0.6) is 0 Å². The minimum Gasteiger partial charge on any atom is -0.348 e. The second-order valence-electron chi connectivity index (χ2n) is 5.07. The van der Waals surface area contributed by atoms with Gasteiger partial charge in [0.05, 0.1) is 6.04 Å². The van der Waals surface area contributed by atoms with Gasteiger partial charge in [-0.3, -0.25) is 4.79 Å². The molecule has 94 valence electrons. The van der Waals surface area contributed by atoms with Gasteiger partial charge in [-0.05, 0) is 31.4 Å². The predicted octanol–water partition coefficient (Wildman–Crippen LogP) is 2.92. The lowest BCUT2D eigenvalue weighted by molar-refractivity contribution is -0.119. The molecule has 0 spiro atoms. The van der Waals surface area contributed by atoms with E-state index in [0.717, 1.165) is 19.4 Å². The molecule has 3 heteroatoms. The zero-order chi connectivity index (χ0) is 12.7. The van der Waals surface area contributed by atoms with Gasteiger partial charge < -0.3 is 9.88 Å². The van der Waals surface area contributed by atoms with Crippen LogP contribution < -0.4 is 5.32 Å². The maximum absolute atomic E-state index is 11.3. The maximum Gasteiger partial charge on any atom is 0.217 e. The lowest BCUT2D eigenvalue weighted by atomic mass is 10.0. The molecular formula is C15H18N2O. The smallest absolute Gasteiger partial charge is 0.217 e. The van der Waals surface area contributed by atoms with Crippen molar-refractivity contribution < 1.29 is 4.79 Å². The molecule has 0 saturated carbocycles. The van der Waals surface area contributed by atoms with Crippen molar-refractivity contribution in [3.8, 4) is 0 Å². The number of nitrogens with one attached hydrogen (secondary N) is 1. The van der Waals surface area contributed by atoms with Crippen LogP contribution in [0.2, 0.25) is 0 Å². The molecule has 0 saturated heterocycles. The van der Waals surface area contributed by atoms with Crippen molar-refractivity contribution in [3.05, 3.63) is 35.5 Å². The maximum atomic E-state index is 11.3. The van der Waals surface area contributed by atoms with Crippen LogP contribution in [0, 0.1) is 6.92 Å². The van der Waals surface area contributed by atoms with Crippen LogP contribution in [-0.4, -0.2) is 10.5 Å². The van der Waals surface area contributed by atoms with Crippen LogP contribution in [-0.2, 0) is 11.3 Å². The summed E-state index contributed by atoms with van der Waals surface area (Å²) in [5, 5.41) is 4.39. The Kier molecular flexibility index (Phi) is 2.62. The zero-order valence-electron chi connectivity index (χ0n) is 10.9. The van der Waals surface area contributed by atoms with Gasteiger partial charge in [0.25, 0.3) is 0 Å². The molecule has 1 aliphatic heterocycles. The van der Waals surface area contributed by atoms with E-state index in [2.05, 4.69) is 41.1 Å². The molecule has 1 aromatic heterocycles. The lowest BCUT2D eigenvalue weighted by Gasteiger charge is -2.26. The molecule has 2 heterocycles. The third-order valence-corrected chi connectivity index (χ3v) is 3.86. The fraction of sp³-hybridized carbons (Fsp3) is 0.400. The summed E-state index contributed by atoms with van der Waals surface area (Å²) in [7, 11) is 0. The number of hydrogen-bond acceptors (Lipinski definition) is 1. The normalized spacial score (nSPS) is 18.7. The molecule has 1 aromatic carbocycles. The van der Waals surface area contributed by atoms with Crippen molar-refractivity contribution in [2.24, 2.45) is 0 Å². The topological polar surface area (TPSA) is 34.0 Å². The molecule has 0 bridgehead atoms. The first-order chi connectivity index (χ1) is 8.68. The SMILES string of the molecule is CC(=O)NC1CCCn2c1c(C)c1ccccc12. The third-order valence-electron chi connectivity index (χ3n) is 3.86. The van der Waals surface area contributed by atoms with Gasteiger partial charge in [-0.15, -0.1) is 0 Å².